The molecular weight excluding hydrogens is 1140 g/mol. The van der Waals surface area contributed by atoms with Crippen LogP contribution in [-0.4, -0.2) is 33.6 Å². The molecule has 0 saturated heterocycles. The first-order valence-corrected chi connectivity index (χ1v) is 32.4. The van der Waals surface area contributed by atoms with Gasteiger partial charge in [0.2, 0.25) is 5.95 Å². The van der Waals surface area contributed by atoms with Gasteiger partial charge in [0.15, 0.2) is 17.5 Å². The highest BCUT2D eigenvalue weighted by Gasteiger charge is 2.30. The lowest BCUT2D eigenvalue weighted by molar-refractivity contribution is 0.568. The minimum atomic E-state index is 0.327. The van der Waals surface area contributed by atoms with Crippen molar-refractivity contribution in [2.45, 2.75) is 25.2 Å². The Morgan fingerprint density at radius 1 is 0.380 bits per heavy atom. The summed E-state index contributed by atoms with van der Waals surface area (Å²) in [5.74, 6) is 3.43. The number of nitrogens with zero attached hydrogens (tertiary/aromatic N) is 7. The van der Waals surface area contributed by atoms with Crippen LogP contribution in [0.2, 0.25) is 0 Å². The van der Waals surface area contributed by atoms with E-state index in [0.717, 1.165) is 101 Å². The Hall–Kier alpha value is -11.6. The van der Waals surface area contributed by atoms with Crippen LogP contribution >= 0.6 is 11.3 Å². The molecule has 8 heteroatoms. The summed E-state index contributed by atoms with van der Waals surface area (Å²) < 4.78 is 9.50. The smallest absolute Gasteiger partial charge is 0.238 e. The van der Waals surface area contributed by atoms with Crippen molar-refractivity contribution >= 4 is 96.9 Å². The topological polar surface area (TPSA) is 66.3 Å². The lowest BCUT2D eigenvalue weighted by Crippen LogP contribution is -2.17. The molecule has 18 aromatic rings. The van der Waals surface area contributed by atoms with Crippen molar-refractivity contribution in [3.05, 3.63) is 308 Å². The quantitative estimate of drug-likeness (QED) is 0.144. The number of fused-ring (bicyclic) bond motifs is 16. The molecular formula is C84H55N7S. The number of benzene rings is 12. The fourth-order valence-corrected chi connectivity index (χ4v) is 16.3. The average molecular weight is 1190 g/mol. The molecule has 7 nitrogen and oxygen atoms in total. The predicted octanol–water partition coefficient (Wildman–Crippen LogP) is 21.7. The molecule has 19 rings (SSSR count). The maximum absolute atomic E-state index is 5.42. The first-order valence-electron chi connectivity index (χ1n) is 31.6. The summed E-state index contributed by atoms with van der Waals surface area (Å²) in [6.07, 6.45) is 3.03. The zero-order valence-electron chi connectivity index (χ0n) is 50.1. The minimum absolute atomic E-state index is 0.327. The Kier molecular flexibility index (Phi) is 11.8. The Morgan fingerprint density at radius 3 is 1.62 bits per heavy atom. The molecule has 0 saturated carbocycles. The molecule has 6 aromatic heterocycles. The van der Waals surface area contributed by atoms with E-state index in [9.17, 15) is 0 Å². The van der Waals surface area contributed by atoms with Gasteiger partial charge in [-0.25, -0.2) is 9.97 Å². The Morgan fingerprint density at radius 2 is 0.913 bits per heavy atom. The van der Waals surface area contributed by atoms with E-state index in [1.807, 2.05) is 35.7 Å². The fraction of sp³-hybridized carbons (Fsp3) is 0.0476. The number of aromatic nitrogens is 7. The van der Waals surface area contributed by atoms with Gasteiger partial charge in [0, 0.05) is 70.8 Å². The van der Waals surface area contributed by atoms with E-state index < -0.39 is 0 Å². The number of para-hydroxylation sites is 4. The third-order valence-electron chi connectivity index (χ3n) is 19.5. The number of hydrogen-bond donors (Lipinski definition) is 0. The fourth-order valence-electron chi connectivity index (χ4n) is 15.1. The molecule has 1 aliphatic rings. The van der Waals surface area contributed by atoms with Crippen LogP contribution < -0.4 is 0 Å². The summed E-state index contributed by atoms with van der Waals surface area (Å²) in [4.78, 5) is 21.2. The molecule has 2 unspecified atom stereocenters. The normalized spacial score (nSPS) is 13.5. The molecule has 6 heterocycles. The van der Waals surface area contributed by atoms with Crippen LogP contribution in [0.15, 0.2) is 291 Å². The van der Waals surface area contributed by atoms with Gasteiger partial charge in [0.25, 0.3) is 0 Å². The van der Waals surface area contributed by atoms with E-state index in [0.29, 0.717) is 29.4 Å². The highest BCUT2D eigenvalue weighted by atomic mass is 32.1. The average Bonchev–Trinajstić information content (AvgIpc) is 1.58. The van der Waals surface area contributed by atoms with E-state index in [2.05, 4.69) is 288 Å². The van der Waals surface area contributed by atoms with Gasteiger partial charge < -0.3 is 4.57 Å². The van der Waals surface area contributed by atoms with Crippen LogP contribution in [0.25, 0.3) is 159 Å². The molecule has 92 heavy (non-hydrogen) atoms. The summed E-state index contributed by atoms with van der Waals surface area (Å²) in [5.41, 5.74) is 21.0. The van der Waals surface area contributed by atoms with E-state index in [1.165, 1.54) is 64.1 Å². The summed E-state index contributed by atoms with van der Waals surface area (Å²) in [7, 11) is 0. The largest absolute Gasteiger partial charge is 0.307 e. The lowest BCUT2D eigenvalue weighted by atomic mass is 9.72. The van der Waals surface area contributed by atoms with Crippen molar-refractivity contribution in [2.24, 2.45) is 0 Å². The van der Waals surface area contributed by atoms with Gasteiger partial charge >= 0.3 is 0 Å². The molecule has 0 spiro atoms. The van der Waals surface area contributed by atoms with E-state index in [-0.39, 0.29) is 0 Å². The van der Waals surface area contributed by atoms with Crippen molar-refractivity contribution in [1.29, 1.82) is 0 Å². The molecule has 0 bridgehead atoms. The highest BCUT2D eigenvalue weighted by Crippen LogP contribution is 2.49. The molecule has 12 aromatic carbocycles. The predicted molar refractivity (Wildman–Crippen MR) is 382 cm³/mol. The number of rotatable bonds is 9. The number of thiophene rings is 1. The second-order valence-corrected chi connectivity index (χ2v) is 25.6. The van der Waals surface area contributed by atoms with E-state index >= 15 is 0 Å². The van der Waals surface area contributed by atoms with Crippen molar-refractivity contribution < 1.29 is 0 Å². The van der Waals surface area contributed by atoms with Gasteiger partial charge in [-0.3, -0.25) is 9.13 Å². The van der Waals surface area contributed by atoms with Gasteiger partial charge in [0.05, 0.1) is 37.8 Å². The summed E-state index contributed by atoms with van der Waals surface area (Å²) in [6.45, 7) is 2.42. The summed E-state index contributed by atoms with van der Waals surface area (Å²) in [5, 5.41) is 9.54. The zero-order valence-corrected chi connectivity index (χ0v) is 50.9. The minimum Gasteiger partial charge on any atom is -0.307 e. The third kappa shape index (κ3) is 8.13. The Labute approximate surface area is 534 Å². The highest BCUT2D eigenvalue weighted by molar-refractivity contribution is 7.26. The summed E-state index contributed by atoms with van der Waals surface area (Å²) in [6, 6.07) is 103. The van der Waals surface area contributed by atoms with Crippen LogP contribution in [0.5, 0.6) is 0 Å². The maximum atomic E-state index is 5.42. The van der Waals surface area contributed by atoms with Gasteiger partial charge in [-0.15, -0.1) is 11.3 Å². The van der Waals surface area contributed by atoms with Crippen molar-refractivity contribution in [1.82, 2.24) is 33.6 Å². The van der Waals surface area contributed by atoms with Crippen molar-refractivity contribution in [2.75, 3.05) is 0 Å². The van der Waals surface area contributed by atoms with Crippen LogP contribution in [0, 0.1) is 0 Å². The van der Waals surface area contributed by atoms with Crippen LogP contribution in [-0.2, 0) is 6.42 Å². The molecule has 0 fully saturated rings. The van der Waals surface area contributed by atoms with Gasteiger partial charge in [-0.2, -0.15) is 9.97 Å². The second kappa shape index (κ2) is 20.8. The Balaban J connectivity index is 0.660. The number of hydrogen-bond acceptors (Lipinski definition) is 5. The van der Waals surface area contributed by atoms with E-state index in [4.69, 9.17) is 19.9 Å². The SMILES string of the molecule is CC(c1ccc2sc3c(-n4c5ccccc5c5cc(-c6ccc(-c7ccc(-c8nc(-c9ccccc9)nc(-n9c%10ccccc%10c%10ccc%11c%12ccccc%12n(-c%12ccccc%12)c%11c%109)n8)cc7)cc6)ccc54)nccc3c2c1)C1Cc2ccccc2-c2ccccc21. The molecule has 0 aliphatic heterocycles. The molecule has 2 atom stereocenters. The summed E-state index contributed by atoms with van der Waals surface area (Å²) >= 11 is 1.84. The van der Waals surface area contributed by atoms with Gasteiger partial charge in [-0.05, 0) is 129 Å². The molecule has 0 amide bonds. The lowest BCUT2D eigenvalue weighted by Gasteiger charge is -2.32. The van der Waals surface area contributed by atoms with Crippen LogP contribution in [0.4, 0.5) is 0 Å². The van der Waals surface area contributed by atoms with Gasteiger partial charge in [0.1, 0.15) is 0 Å². The molecule has 432 valence electrons. The first kappa shape index (κ1) is 52.4. The van der Waals surface area contributed by atoms with Gasteiger partial charge in [-0.1, -0.05) is 231 Å². The first-order chi connectivity index (χ1) is 45.5. The molecule has 1 aliphatic carbocycles. The van der Waals surface area contributed by atoms with Crippen molar-refractivity contribution in [3.63, 3.8) is 0 Å². The third-order valence-corrected chi connectivity index (χ3v) is 20.7. The van der Waals surface area contributed by atoms with E-state index in [1.54, 1.807) is 0 Å². The number of pyridine rings is 1. The van der Waals surface area contributed by atoms with Crippen molar-refractivity contribution in [3.8, 4) is 73.6 Å². The monoisotopic (exact) mass is 1190 g/mol. The molecule has 0 N–H and O–H groups in total. The maximum Gasteiger partial charge on any atom is 0.238 e. The second-order valence-electron chi connectivity index (χ2n) is 24.5. The van der Waals surface area contributed by atoms with Crippen LogP contribution in [0.1, 0.15) is 35.4 Å². The standard InChI is InChI=1S/C84H55N7S/c1-51(70-50-59-20-8-9-23-61(59)62-24-10-11-25-63(62)70)57-41-45-77-72(48-57)69-46-47-85-83(80(69)92-77)90-74-30-16-14-28-66(74)71-49-58(40-44-76(71)90)54-34-32-52(33-35-54)53-36-38-56(39-37-53)82-86-81(55-18-4-2-5-19-55)87-84(88-82)91-75-31-17-13-27-65(75)68-43-42-67-64-26-12-15-29-73(64)89(78(67)79(68)91)60-21-6-3-7-22-60/h2-49,51,70H,50H2,1H3. The molecule has 0 radical (unpaired) electrons. The Bertz CT molecular complexity index is 6000. The van der Waals surface area contributed by atoms with Crippen LogP contribution in [0.3, 0.4) is 0 Å². The zero-order chi connectivity index (χ0) is 60.5.